The average molecular weight is 483 g/mol. The lowest BCUT2D eigenvalue weighted by Gasteiger charge is -2.31. The third-order valence-corrected chi connectivity index (χ3v) is 5.62. The Balaban J connectivity index is 1.91. The second-order valence-electron chi connectivity index (χ2n) is 7.83. The molecule has 7 heteroatoms. The molecule has 0 bridgehead atoms. The van der Waals surface area contributed by atoms with Crippen LogP contribution in [-0.2, 0) is 22.6 Å². The van der Waals surface area contributed by atoms with Crippen molar-refractivity contribution in [3.8, 4) is 5.75 Å². The van der Waals surface area contributed by atoms with Crippen LogP contribution in [0.15, 0.2) is 78.9 Å². The molecule has 1 N–H and O–H groups in total. The van der Waals surface area contributed by atoms with Crippen molar-refractivity contribution in [3.63, 3.8) is 0 Å². The highest BCUT2D eigenvalue weighted by atomic mass is 35.5. The van der Waals surface area contributed by atoms with Crippen molar-refractivity contribution < 1.29 is 18.7 Å². The zero-order valence-corrected chi connectivity index (χ0v) is 19.8. The Hall–Kier alpha value is -3.38. The van der Waals surface area contributed by atoms with Gasteiger partial charge in [0.25, 0.3) is 5.91 Å². The number of nitrogens with one attached hydrogen (secondary N) is 1. The van der Waals surface area contributed by atoms with Gasteiger partial charge in [0.15, 0.2) is 6.61 Å². The van der Waals surface area contributed by atoms with Gasteiger partial charge in [0.1, 0.15) is 17.6 Å². The van der Waals surface area contributed by atoms with E-state index in [2.05, 4.69) is 5.32 Å². The number of carbonyl (C=O) groups is 2. The summed E-state index contributed by atoms with van der Waals surface area (Å²) in [6.07, 6.45) is 1.03. The highest BCUT2D eigenvalue weighted by molar-refractivity contribution is 6.32. The van der Waals surface area contributed by atoms with Gasteiger partial charge in [-0.3, -0.25) is 9.59 Å². The smallest absolute Gasteiger partial charge is 0.261 e. The number of rotatable bonds is 11. The van der Waals surface area contributed by atoms with Crippen LogP contribution >= 0.6 is 11.6 Å². The molecule has 0 spiro atoms. The fraction of sp³-hybridized carbons (Fsp3) is 0.259. The van der Waals surface area contributed by atoms with Crippen molar-refractivity contribution in [1.82, 2.24) is 10.2 Å². The Morgan fingerprint density at radius 1 is 1.00 bits per heavy atom. The van der Waals surface area contributed by atoms with E-state index in [0.717, 1.165) is 12.0 Å². The molecule has 3 rings (SSSR count). The minimum Gasteiger partial charge on any atom is -0.482 e. The van der Waals surface area contributed by atoms with Crippen molar-refractivity contribution in [3.05, 3.63) is 101 Å². The number of amides is 2. The maximum Gasteiger partial charge on any atom is 0.261 e. The summed E-state index contributed by atoms with van der Waals surface area (Å²) in [4.78, 5) is 28.0. The van der Waals surface area contributed by atoms with Gasteiger partial charge in [-0.05, 0) is 30.2 Å². The molecule has 0 aliphatic rings. The van der Waals surface area contributed by atoms with Gasteiger partial charge < -0.3 is 15.0 Å². The topological polar surface area (TPSA) is 58.6 Å². The molecule has 3 aromatic carbocycles. The largest absolute Gasteiger partial charge is 0.482 e. The van der Waals surface area contributed by atoms with Gasteiger partial charge in [-0.15, -0.1) is 0 Å². The van der Waals surface area contributed by atoms with Crippen molar-refractivity contribution in [1.29, 1.82) is 0 Å². The lowest BCUT2D eigenvalue weighted by atomic mass is 10.0. The highest BCUT2D eigenvalue weighted by Crippen LogP contribution is 2.23. The molecule has 34 heavy (non-hydrogen) atoms. The first-order valence-electron chi connectivity index (χ1n) is 11.2. The molecule has 0 heterocycles. The number of halogens is 2. The number of ether oxygens (including phenoxy) is 1. The van der Waals surface area contributed by atoms with Gasteiger partial charge >= 0.3 is 0 Å². The lowest BCUT2D eigenvalue weighted by molar-refractivity contribution is -0.142. The lowest BCUT2D eigenvalue weighted by Crippen LogP contribution is -2.52. The maximum atomic E-state index is 14.5. The van der Waals surface area contributed by atoms with Gasteiger partial charge in [0, 0.05) is 25.1 Å². The molecule has 0 unspecified atom stereocenters. The van der Waals surface area contributed by atoms with Crippen LogP contribution in [0, 0.1) is 5.82 Å². The normalized spacial score (nSPS) is 11.5. The van der Waals surface area contributed by atoms with Crippen molar-refractivity contribution in [2.75, 3.05) is 13.2 Å². The van der Waals surface area contributed by atoms with Gasteiger partial charge in [-0.25, -0.2) is 4.39 Å². The SMILES string of the molecule is CCCNC(=O)[C@H](Cc1ccccc1)N(Cc1ccccc1F)C(=O)COc1ccccc1Cl. The maximum absolute atomic E-state index is 14.5. The molecular formula is C27H28ClFN2O3. The molecule has 0 aliphatic heterocycles. The summed E-state index contributed by atoms with van der Waals surface area (Å²) in [5, 5.41) is 3.26. The molecule has 0 fully saturated rings. The second-order valence-corrected chi connectivity index (χ2v) is 8.24. The molecule has 0 aromatic heterocycles. The van der Waals surface area contributed by atoms with Crippen LogP contribution in [0.4, 0.5) is 4.39 Å². The van der Waals surface area contributed by atoms with Gasteiger partial charge in [0.05, 0.1) is 5.02 Å². The molecule has 178 valence electrons. The Morgan fingerprint density at radius 2 is 1.68 bits per heavy atom. The standard InChI is InChI=1S/C27H28ClFN2O3/c1-2-16-30-27(33)24(17-20-10-4-3-5-11-20)31(18-21-12-6-8-14-23(21)29)26(32)19-34-25-15-9-7-13-22(25)28/h3-15,24H,2,16-19H2,1H3,(H,30,33)/t24-/m0/s1. The minimum absolute atomic E-state index is 0.0750. The average Bonchev–Trinajstić information content (AvgIpc) is 2.85. The Morgan fingerprint density at radius 3 is 2.38 bits per heavy atom. The summed E-state index contributed by atoms with van der Waals surface area (Å²) in [6.45, 7) is 2.01. The van der Waals surface area contributed by atoms with Crippen LogP contribution in [0.25, 0.3) is 0 Å². The number of hydrogen-bond donors (Lipinski definition) is 1. The van der Waals surface area contributed by atoms with E-state index in [1.807, 2.05) is 37.3 Å². The fourth-order valence-corrected chi connectivity index (χ4v) is 3.70. The molecule has 3 aromatic rings. The number of hydrogen-bond acceptors (Lipinski definition) is 3. The number of nitrogens with zero attached hydrogens (tertiary/aromatic N) is 1. The first-order valence-corrected chi connectivity index (χ1v) is 11.6. The van der Waals surface area contributed by atoms with Gasteiger partial charge in [-0.2, -0.15) is 0 Å². The first-order chi connectivity index (χ1) is 16.5. The predicted octanol–water partition coefficient (Wildman–Crippen LogP) is 5.02. The Bertz CT molecular complexity index is 1090. The summed E-state index contributed by atoms with van der Waals surface area (Å²) < 4.78 is 20.2. The predicted molar refractivity (Wildman–Crippen MR) is 131 cm³/mol. The fourth-order valence-electron chi connectivity index (χ4n) is 3.51. The summed E-state index contributed by atoms with van der Waals surface area (Å²) in [5.74, 6) is -0.831. The molecule has 5 nitrogen and oxygen atoms in total. The monoisotopic (exact) mass is 482 g/mol. The summed E-state index contributed by atoms with van der Waals surface area (Å²) in [5.41, 5.74) is 1.20. The van der Waals surface area contributed by atoms with E-state index in [0.29, 0.717) is 22.9 Å². The summed E-state index contributed by atoms with van der Waals surface area (Å²) >= 11 is 6.15. The molecule has 0 saturated heterocycles. The van der Waals surface area contributed by atoms with E-state index in [9.17, 15) is 14.0 Å². The van der Waals surface area contributed by atoms with Crippen molar-refractivity contribution >= 4 is 23.4 Å². The van der Waals surface area contributed by atoms with Crippen molar-refractivity contribution in [2.24, 2.45) is 0 Å². The van der Waals surface area contributed by atoms with E-state index in [4.69, 9.17) is 16.3 Å². The second kappa shape index (κ2) is 12.8. The minimum atomic E-state index is -0.851. The van der Waals surface area contributed by atoms with E-state index in [-0.39, 0.29) is 25.5 Å². The molecule has 2 amide bonds. The zero-order chi connectivity index (χ0) is 24.3. The quantitative estimate of drug-likeness (QED) is 0.417. The number of carbonyl (C=O) groups excluding carboxylic acids is 2. The van der Waals surface area contributed by atoms with Crippen molar-refractivity contribution in [2.45, 2.75) is 32.4 Å². The zero-order valence-electron chi connectivity index (χ0n) is 19.0. The third-order valence-electron chi connectivity index (χ3n) is 5.31. The van der Waals surface area contributed by atoms with Crippen LogP contribution in [0.3, 0.4) is 0 Å². The third kappa shape index (κ3) is 7.06. The van der Waals surface area contributed by atoms with Crippen LogP contribution in [0.2, 0.25) is 5.02 Å². The molecule has 1 atom stereocenters. The van der Waals surface area contributed by atoms with Crippen LogP contribution in [0.1, 0.15) is 24.5 Å². The van der Waals surface area contributed by atoms with E-state index in [1.54, 1.807) is 42.5 Å². The Kier molecular flexibility index (Phi) is 9.47. The Labute approximate surface area is 204 Å². The molecular weight excluding hydrogens is 455 g/mol. The summed E-state index contributed by atoms with van der Waals surface area (Å²) in [7, 11) is 0. The first kappa shape index (κ1) is 25.2. The van der Waals surface area contributed by atoms with Crippen LogP contribution in [-0.4, -0.2) is 35.9 Å². The van der Waals surface area contributed by atoms with E-state index >= 15 is 0 Å². The van der Waals surface area contributed by atoms with Crippen LogP contribution in [0.5, 0.6) is 5.75 Å². The summed E-state index contributed by atoms with van der Waals surface area (Å²) in [6, 6.07) is 21.6. The molecule has 0 aliphatic carbocycles. The molecule has 0 radical (unpaired) electrons. The van der Waals surface area contributed by atoms with E-state index in [1.165, 1.54) is 11.0 Å². The van der Waals surface area contributed by atoms with Crippen LogP contribution < -0.4 is 10.1 Å². The van der Waals surface area contributed by atoms with E-state index < -0.39 is 17.8 Å². The van der Waals surface area contributed by atoms with Gasteiger partial charge in [0.2, 0.25) is 5.91 Å². The number of para-hydroxylation sites is 1. The highest BCUT2D eigenvalue weighted by Gasteiger charge is 2.31. The van der Waals surface area contributed by atoms with Gasteiger partial charge in [-0.1, -0.05) is 79.2 Å². The molecule has 0 saturated carbocycles. The number of benzene rings is 3.